The van der Waals surface area contributed by atoms with Gasteiger partial charge >= 0.3 is 0 Å². The molecule has 1 unspecified atom stereocenters. The van der Waals surface area contributed by atoms with E-state index in [0.717, 1.165) is 26.9 Å². The van der Waals surface area contributed by atoms with Crippen LogP contribution in [0.25, 0.3) is 0 Å². The molecule has 7 rings (SSSR count). The van der Waals surface area contributed by atoms with Gasteiger partial charge in [-0.2, -0.15) is 5.10 Å². The van der Waals surface area contributed by atoms with Crippen LogP contribution in [-0.4, -0.2) is 49.3 Å². The maximum absolute atomic E-state index is 14.2. The van der Waals surface area contributed by atoms with Crippen LogP contribution in [0.3, 0.4) is 0 Å². The number of benzene rings is 4. The zero-order valence-electron chi connectivity index (χ0n) is 28.7. The number of carbonyl (C=O) groups is 2. The molecule has 264 valence electrons. The van der Waals surface area contributed by atoms with Crippen molar-refractivity contribution in [2.75, 3.05) is 16.5 Å². The molecule has 0 radical (unpaired) electrons. The van der Waals surface area contributed by atoms with E-state index in [0.29, 0.717) is 48.4 Å². The lowest BCUT2D eigenvalue weighted by Gasteiger charge is -2.28. The first-order valence-electron chi connectivity index (χ1n) is 17.4. The highest BCUT2D eigenvalue weighted by Crippen LogP contribution is 2.47. The molecule has 0 fully saturated rings. The second-order valence-electron chi connectivity index (χ2n) is 13.2. The van der Waals surface area contributed by atoms with Gasteiger partial charge in [0.25, 0.3) is 5.91 Å². The molecule has 11 heteroatoms. The number of nitrogens with zero attached hydrogens (tertiary/aromatic N) is 6. The van der Waals surface area contributed by atoms with Crippen molar-refractivity contribution < 1.29 is 19.8 Å². The molecular formula is C41H39BrN6O4. The number of fused-ring (bicyclic) bond motifs is 1. The van der Waals surface area contributed by atoms with E-state index >= 15 is 0 Å². The van der Waals surface area contributed by atoms with E-state index in [-0.39, 0.29) is 25.0 Å². The number of aryl methyl sites for hydroxylation is 1. The quantitative estimate of drug-likeness (QED) is 0.136. The molecule has 4 aromatic carbocycles. The van der Waals surface area contributed by atoms with Gasteiger partial charge in [-0.05, 0) is 53.4 Å². The Bertz CT molecular complexity index is 2140. The summed E-state index contributed by atoms with van der Waals surface area (Å²) in [7, 11) is 0. The number of amides is 2. The summed E-state index contributed by atoms with van der Waals surface area (Å²) in [4.78, 5) is 28.9. The summed E-state index contributed by atoms with van der Waals surface area (Å²) >= 11 is 3.53. The number of allylic oxidation sites excluding steroid dienone is 1. The van der Waals surface area contributed by atoms with E-state index in [2.05, 4.69) is 26.2 Å². The Hall–Kier alpha value is -5.23. The predicted molar refractivity (Wildman–Crippen MR) is 204 cm³/mol. The number of anilines is 2. The van der Waals surface area contributed by atoms with Crippen LogP contribution in [0.1, 0.15) is 60.1 Å². The third-order valence-electron chi connectivity index (χ3n) is 9.77. The summed E-state index contributed by atoms with van der Waals surface area (Å²) in [6, 6.07) is 32.5. The SMILES string of the molecule is C[C@H](/C=C/CCn1cc(C(CO)c2ccccc2)nn1)[C@@]1(O)C(=O)N(Cc2cccc(N3N=C(c4ccccc4)CCC3=O)c2)c2ccc(Br)cc21. The summed E-state index contributed by atoms with van der Waals surface area (Å²) < 4.78 is 2.49. The number of rotatable bonds is 12. The number of aliphatic hydroxyl groups is 2. The van der Waals surface area contributed by atoms with Crippen LogP contribution in [0, 0.1) is 5.92 Å². The third kappa shape index (κ3) is 6.99. The van der Waals surface area contributed by atoms with Crippen molar-refractivity contribution in [1.29, 1.82) is 0 Å². The first-order chi connectivity index (χ1) is 25.3. The Balaban J connectivity index is 1.06. The molecule has 2 aliphatic rings. The molecule has 2 aliphatic heterocycles. The molecule has 5 aromatic rings. The van der Waals surface area contributed by atoms with Crippen LogP contribution in [0.2, 0.25) is 0 Å². The lowest BCUT2D eigenvalue weighted by molar-refractivity contribution is -0.139. The van der Waals surface area contributed by atoms with Crippen molar-refractivity contribution >= 4 is 44.8 Å². The molecule has 3 heterocycles. The van der Waals surface area contributed by atoms with Crippen LogP contribution in [0.15, 0.2) is 131 Å². The Morgan fingerprint density at radius 3 is 2.48 bits per heavy atom. The van der Waals surface area contributed by atoms with Gasteiger partial charge in [-0.1, -0.05) is 113 Å². The number of hydrogen-bond acceptors (Lipinski definition) is 7. The van der Waals surface area contributed by atoms with Gasteiger partial charge in [-0.25, -0.2) is 5.01 Å². The normalized spacial score (nSPS) is 18.5. The molecule has 2 amide bonds. The highest BCUT2D eigenvalue weighted by molar-refractivity contribution is 9.10. The number of hydrazone groups is 1. The lowest BCUT2D eigenvalue weighted by atomic mass is 9.83. The smallest absolute Gasteiger partial charge is 0.264 e. The predicted octanol–water partition coefficient (Wildman–Crippen LogP) is 6.71. The zero-order chi connectivity index (χ0) is 36.2. The number of aromatic nitrogens is 3. The van der Waals surface area contributed by atoms with Crippen LogP contribution in [-0.2, 0) is 28.3 Å². The molecule has 0 saturated heterocycles. The Morgan fingerprint density at radius 1 is 0.942 bits per heavy atom. The second kappa shape index (κ2) is 15.2. The van der Waals surface area contributed by atoms with Crippen molar-refractivity contribution in [2.45, 2.75) is 50.8 Å². The van der Waals surface area contributed by atoms with Gasteiger partial charge in [0.2, 0.25) is 5.91 Å². The van der Waals surface area contributed by atoms with Crippen molar-refractivity contribution in [3.8, 4) is 0 Å². The highest BCUT2D eigenvalue weighted by atomic mass is 79.9. The van der Waals surface area contributed by atoms with Crippen LogP contribution >= 0.6 is 15.9 Å². The molecule has 0 aliphatic carbocycles. The molecule has 52 heavy (non-hydrogen) atoms. The first-order valence-corrected chi connectivity index (χ1v) is 18.2. The fraction of sp³-hybridized carbons (Fsp3) is 0.244. The molecule has 0 saturated carbocycles. The van der Waals surface area contributed by atoms with Crippen LogP contribution < -0.4 is 9.91 Å². The molecule has 1 aromatic heterocycles. The monoisotopic (exact) mass is 758 g/mol. The number of hydrogen-bond donors (Lipinski definition) is 2. The van der Waals surface area contributed by atoms with Crippen LogP contribution in [0.5, 0.6) is 0 Å². The van der Waals surface area contributed by atoms with Crippen molar-refractivity contribution in [1.82, 2.24) is 15.0 Å². The molecule has 0 spiro atoms. The van der Waals surface area contributed by atoms with E-state index in [1.165, 1.54) is 5.01 Å². The minimum absolute atomic E-state index is 0.0744. The van der Waals surface area contributed by atoms with Gasteiger partial charge in [0.05, 0.1) is 41.8 Å². The van der Waals surface area contributed by atoms with E-state index in [1.54, 1.807) is 9.58 Å². The highest BCUT2D eigenvalue weighted by Gasteiger charge is 2.52. The summed E-state index contributed by atoms with van der Waals surface area (Å²) in [6.07, 6.45) is 7.17. The number of aliphatic hydroxyl groups excluding tert-OH is 1. The van der Waals surface area contributed by atoms with Gasteiger partial charge < -0.3 is 15.1 Å². The van der Waals surface area contributed by atoms with E-state index in [9.17, 15) is 19.8 Å². The Kier molecular flexibility index (Phi) is 10.3. The largest absolute Gasteiger partial charge is 0.395 e. The first kappa shape index (κ1) is 35.2. The summed E-state index contributed by atoms with van der Waals surface area (Å²) in [6.45, 7) is 2.50. The molecule has 0 bridgehead atoms. The minimum atomic E-state index is -1.80. The Labute approximate surface area is 310 Å². The average Bonchev–Trinajstić information content (AvgIpc) is 3.72. The lowest BCUT2D eigenvalue weighted by Crippen LogP contribution is -2.44. The number of carbonyl (C=O) groups excluding carboxylic acids is 2. The maximum Gasteiger partial charge on any atom is 0.264 e. The third-order valence-corrected chi connectivity index (χ3v) is 10.3. The molecule has 2 N–H and O–H groups in total. The van der Waals surface area contributed by atoms with Crippen molar-refractivity contribution in [3.05, 3.63) is 154 Å². The van der Waals surface area contributed by atoms with Crippen molar-refractivity contribution in [3.63, 3.8) is 0 Å². The standard InChI is InChI=1S/C41H39BrN6O4/c1-28(11-8-9-22-46-26-37(43-45-46)34(27-49)30-13-4-2-5-14-30)41(52)35-24-32(42)18-20-38(35)47(40(41)51)25-29-12-10-17-33(23-29)48-39(50)21-19-36(44-48)31-15-6-3-7-16-31/h2-8,10-18,20,23-24,26,28,34,49,52H,9,19,21-22,25,27H2,1H3/b11-8+/t28-,34?,41+/m1/s1. The topological polar surface area (TPSA) is 124 Å². The van der Waals surface area contributed by atoms with Crippen molar-refractivity contribution in [2.24, 2.45) is 11.0 Å². The second-order valence-corrected chi connectivity index (χ2v) is 14.1. The fourth-order valence-electron chi connectivity index (χ4n) is 6.92. The Morgan fingerprint density at radius 2 is 1.71 bits per heavy atom. The van der Waals surface area contributed by atoms with Gasteiger partial charge in [-0.3, -0.25) is 14.3 Å². The molecule has 10 nitrogen and oxygen atoms in total. The minimum Gasteiger partial charge on any atom is -0.395 e. The van der Waals surface area contributed by atoms with E-state index < -0.39 is 17.4 Å². The van der Waals surface area contributed by atoms with Crippen LogP contribution in [0.4, 0.5) is 11.4 Å². The average molecular weight is 760 g/mol. The fourth-order valence-corrected chi connectivity index (χ4v) is 7.28. The van der Waals surface area contributed by atoms with E-state index in [4.69, 9.17) is 5.10 Å². The molecular weight excluding hydrogens is 720 g/mol. The molecule has 3 atom stereocenters. The number of halogens is 1. The van der Waals surface area contributed by atoms with E-state index in [1.807, 2.05) is 128 Å². The summed E-state index contributed by atoms with van der Waals surface area (Å²) in [5, 5.41) is 36.9. The summed E-state index contributed by atoms with van der Waals surface area (Å²) in [5.41, 5.74) is 4.26. The maximum atomic E-state index is 14.2. The van der Waals surface area contributed by atoms with Gasteiger partial charge in [0.15, 0.2) is 5.60 Å². The summed E-state index contributed by atoms with van der Waals surface area (Å²) in [5.74, 6) is -1.32. The van der Waals surface area contributed by atoms with Gasteiger partial charge in [0, 0.05) is 41.5 Å². The van der Waals surface area contributed by atoms with Gasteiger partial charge in [0.1, 0.15) is 0 Å². The van der Waals surface area contributed by atoms with Gasteiger partial charge in [-0.15, -0.1) is 5.10 Å². The zero-order valence-corrected chi connectivity index (χ0v) is 30.3.